The summed E-state index contributed by atoms with van der Waals surface area (Å²) < 4.78 is 13.0. The lowest BCUT2D eigenvalue weighted by Crippen LogP contribution is -2.31. The van der Waals surface area contributed by atoms with Gasteiger partial charge in [0.25, 0.3) is 17.4 Å². The number of aliphatic hydroxyl groups is 1. The first-order chi connectivity index (χ1) is 17.4. The highest BCUT2D eigenvalue weighted by Crippen LogP contribution is 2.41. The van der Waals surface area contributed by atoms with Crippen molar-refractivity contribution in [3.63, 3.8) is 0 Å². The number of non-ortho nitro benzene ring substituents is 1. The zero-order valence-corrected chi connectivity index (χ0v) is 19.1. The molecule has 1 atom stereocenters. The first kappa shape index (κ1) is 23.1. The van der Waals surface area contributed by atoms with Crippen LogP contribution in [0.25, 0.3) is 5.76 Å². The van der Waals surface area contributed by atoms with Crippen LogP contribution < -0.4 is 9.47 Å². The maximum Gasteiger partial charge on any atom is 0.295 e. The third-order valence-electron chi connectivity index (χ3n) is 6.15. The molecule has 1 fully saturated rings. The van der Waals surface area contributed by atoms with Gasteiger partial charge in [0.05, 0.1) is 22.9 Å². The van der Waals surface area contributed by atoms with Crippen molar-refractivity contribution in [1.82, 2.24) is 14.5 Å². The first-order valence-electron chi connectivity index (χ1n) is 11.3. The minimum absolute atomic E-state index is 0.0897. The summed E-state index contributed by atoms with van der Waals surface area (Å²) in [5.74, 6) is -0.987. The fraction of sp³-hybridized carbons (Fsp3) is 0.240. The van der Waals surface area contributed by atoms with E-state index in [0.29, 0.717) is 48.8 Å². The van der Waals surface area contributed by atoms with Gasteiger partial charge in [0.1, 0.15) is 19.0 Å². The topological polar surface area (TPSA) is 137 Å². The molecule has 5 rings (SSSR count). The van der Waals surface area contributed by atoms with Crippen molar-refractivity contribution in [1.29, 1.82) is 0 Å². The van der Waals surface area contributed by atoms with E-state index < -0.39 is 22.7 Å². The minimum atomic E-state index is -0.915. The molecule has 1 amide bonds. The van der Waals surface area contributed by atoms with Crippen molar-refractivity contribution in [2.45, 2.75) is 19.0 Å². The van der Waals surface area contributed by atoms with Crippen LogP contribution in [0.15, 0.2) is 66.8 Å². The number of fused-ring (bicyclic) bond motifs is 1. The van der Waals surface area contributed by atoms with Gasteiger partial charge < -0.3 is 24.0 Å². The number of imidazole rings is 1. The lowest BCUT2D eigenvalue weighted by molar-refractivity contribution is -0.384. The third kappa shape index (κ3) is 4.26. The highest BCUT2D eigenvalue weighted by Gasteiger charge is 2.46. The van der Waals surface area contributed by atoms with Gasteiger partial charge in [-0.3, -0.25) is 19.7 Å². The number of carbonyl (C=O) groups is 2. The molecule has 0 radical (unpaired) electrons. The van der Waals surface area contributed by atoms with E-state index in [1.165, 1.54) is 29.2 Å². The lowest BCUT2D eigenvalue weighted by atomic mass is 9.95. The number of likely N-dealkylation sites (tertiary alicyclic amines) is 1. The molecule has 2 aliphatic heterocycles. The van der Waals surface area contributed by atoms with Crippen molar-refractivity contribution < 1.29 is 29.1 Å². The number of aromatic nitrogens is 2. The van der Waals surface area contributed by atoms with Crippen LogP contribution in [0.4, 0.5) is 5.69 Å². The summed E-state index contributed by atoms with van der Waals surface area (Å²) in [6, 6.07) is 9.47. The van der Waals surface area contributed by atoms with Crippen LogP contribution in [0.1, 0.15) is 23.6 Å². The zero-order chi connectivity index (χ0) is 25.2. The number of aryl methyl sites for hydroxylation is 1. The largest absolute Gasteiger partial charge is 0.507 e. The molecule has 36 heavy (non-hydrogen) atoms. The Bertz CT molecular complexity index is 1350. The Morgan fingerprint density at radius 2 is 1.83 bits per heavy atom. The Kier molecular flexibility index (Phi) is 6.11. The Morgan fingerprint density at radius 1 is 1.08 bits per heavy atom. The van der Waals surface area contributed by atoms with Crippen molar-refractivity contribution in [2.24, 2.45) is 0 Å². The number of hydrogen-bond acceptors (Lipinski definition) is 8. The Morgan fingerprint density at radius 3 is 2.53 bits per heavy atom. The van der Waals surface area contributed by atoms with Crippen molar-refractivity contribution >= 4 is 23.1 Å². The Hall–Kier alpha value is -4.67. The Balaban J connectivity index is 1.54. The number of nitro benzene ring substituents is 1. The fourth-order valence-corrected chi connectivity index (χ4v) is 4.42. The summed E-state index contributed by atoms with van der Waals surface area (Å²) in [6.07, 6.45) is 5.63. The maximum atomic E-state index is 13.2. The van der Waals surface area contributed by atoms with Crippen LogP contribution in [0.2, 0.25) is 0 Å². The van der Waals surface area contributed by atoms with Gasteiger partial charge in [0.15, 0.2) is 11.5 Å². The smallest absolute Gasteiger partial charge is 0.295 e. The molecule has 11 heteroatoms. The molecule has 0 bridgehead atoms. The molecule has 0 unspecified atom stereocenters. The highest BCUT2D eigenvalue weighted by molar-refractivity contribution is 6.46. The maximum absolute atomic E-state index is 13.2. The lowest BCUT2D eigenvalue weighted by Gasteiger charge is -2.25. The number of benzene rings is 2. The molecule has 0 spiro atoms. The normalized spacial score (nSPS) is 18.4. The standard InChI is InChI=1S/C25H22N4O7/c30-23(17-4-7-19-20(14-17)36-13-12-35-19)21-22(16-2-5-18(6-3-16)29(33)34)28(25(32)24(21)31)10-1-9-27-11-8-26-15-27/h2-8,11,14-15,22,30H,1,9-10,12-13H2/b23-21+/t22-/m0/s1. The van der Waals surface area contributed by atoms with E-state index >= 15 is 0 Å². The van der Waals surface area contributed by atoms with Gasteiger partial charge in [-0.15, -0.1) is 0 Å². The van der Waals surface area contributed by atoms with E-state index in [2.05, 4.69) is 4.98 Å². The van der Waals surface area contributed by atoms with E-state index in [1.54, 1.807) is 36.9 Å². The van der Waals surface area contributed by atoms with Crippen LogP contribution in [-0.2, 0) is 16.1 Å². The third-order valence-corrected chi connectivity index (χ3v) is 6.15. The summed E-state index contributed by atoms with van der Waals surface area (Å²) in [4.78, 5) is 42.3. The fourth-order valence-electron chi connectivity index (χ4n) is 4.42. The molecule has 2 aliphatic rings. The molecular formula is C25H22N4O7. The second kappa shape index (κ2) is 9.53. The molecule has 1 aromatic heterocycles. The van der Waals surface area contributed by atoms with Gasteiger partial charge in [0, 0.05) is 43.2 Å². The number of nitro groups is 1. The molecule has 0 saturated carbocycles. The molecule has 184 valence electrons. The quantitative estimate of drug-likeness (QED) is 0.175. The van der Waals surface area contributed by atoms with Crippen molar-refractivity contribution in [3.05, 3.63) is 88.0 Å². The molecule has 3 heterocycles. The van der Waals surface area contributed by atoms with E-state index in [9.17, 15) is 24.8 Å². The number of ether oxygens (including phenoxy) is 2. The SMILES string of the molecule is O=C1C(=O)N(CCCn2ccnc2)[C@@H](c2ccc([N+](=O)[O-])cc2)/C1=C(\O)c1ccc2c(c1)OCCO2. The average Bonchev–Trinajstić information content (AvgIpc) is 3.50. The van der Waals surface area contributed by atoms with Gasteiger partial charge in [0.2, 0.25) is 0 Å². The van der Waals surface area contributed by atoms with Gasteiger partial charge in [-0.2, -0.15) is 0 Å². The molecule has 0 aliphatic carbocycles. The van der Waals surface area contributed by atoms with Crippen LogP contribution in [-0.4, -0.2) is 55.9 Å². The predicted octanol–water partition coefficient (Wildman–Crippen LogP) is 3.07. The molecule has 1 N–H and O–H groups in total. The van der Waals surface area contributed by atoms with Gasteiger partial charge in [-0.25, -0.2) is 4.98 Å². The average molecular weight is 490 g/mol. The zero-order valence-electron chi connectivity index (χ0n) is 19.1. The highest BCUT2D eigenvalue weighted by atomic mass is 16.6. The molecule has 2 aromatic carbocycles. The van der Waals surface area contributed by atoms with Crippen molar-refractivity contribution in [3.8, 4) is 11.5 Å². The second-order valence-corrected chi connectivity index (χ2v) is 8.35. The van der Waals surface area contributed by atoms with Gasteiger partial charge in [-0.1, -0.05) is 0 Å². The molecule has 11 nitrogen and oxygen atoms in total. The number of Topliss-reactive ketones (excluding diaryl/α,β-unsaturated/α-hetero) is 1. The number of rotatable bonds is 7. The van der Waals surface area contributed by atoms with Crippen LogP contribution in [0, 0.1) is 10.1 Å². The number of nitrogens with zero attached hydrogens (tertiary/aromatic N) is 4. The predicted molar refractivity (Wildman–Crippen MR) is 126 cm³/mol. The number of carbonyl (C=O) groups excluding carboxylic acids is 2. The number of amides is 1. The molecule has 1 saturated heterocycles. The van der Waals surface area contributed by atoms with Gasteiger partial charge >= 0.3 is 0 Å². The van der Waals surface area contributed by atoms with Crippen LogP contribution in [0.5, 0.6) is 11.5 Å². The summed E-state index contributed by atoms with van der Waals surface area (Å²) in [7, 11) is 0. The first-order valence-corrected chi connectivity index (χ1v) is 11.3. The monoisotopic (exact) mass is 490 g/mol. The minimum Gasteiger partial charge on any atom is -0.507 e. The van der Waals surface area contributed by atoms with E-state index in [-0.39, 0.29) is 23.6 Å². The summed E-state index contributed by atoms with van der Waals surface area (Å²) in [5, 5.41) is 22.4. The Labute approximate surface area is 205 Å². The number of hydrogen-bond donors (Lipinski definition) is 1. The summed E-state index contributed by atoms with van der Waals surface area (Å²) >= 11 is 0. The summed E-state index contributed by atoms with van der Waals surface area (Å²) in [5.41, 5.74) is 0.555. The van der Waals surface area contributed by atoms with Crippen LogP contribution in [0.3, 0.4) is 0 Å². The number of aliphatic hydroxyl groups excluding tert-OH is 1. The number of ketones is 1. The van der Waals surface area contributed by atoms with E-state index in [4.69, 9.17) is 9.47 Å². The molecule has 3 aromatic rings. The van der Waals surface area contributed by atoms with Gasteiger partial charge in [-0.05, 0) is 42.3 Å². The van der Waals surface area contributed by atoms with Crippen LogP contribution >= 0.6 is 0 Å². The second-order valence-electron chi connectivity index (χ2n) is 8.35. The van der Waals surface area contributed by atoms with Crippen molar-refractivity contribution in [2.75, 3.05) is 19.8 Å². The van der Waals surface area contributed by atoms with E-state index in [1.807, 2.05) is 4.57 Å². The van der Waals surface area contributed by atoms with E-state index in [0.717, 1.165) is 0 Å². The molecular weight excluding hydrogens is 468 g/mol. The summed E-state index contributed by atoms with van der Waals surface area (Å²) in [6.45, 7) is 1.55.